The molecule has 0 fully saturated rings. The zero-order valence-electron chi connectivity index (χ0n) is 31.6. The van der Waals surface area contributed by atoms with E-state index in [1.54, 1.807) is 0 Å². The molecule has 2 aromatic heterocycles. The molecular weight excluding hydrogens is 744 g/mol. The maximum atomic E-state index is 6.30. The summed E-state index contributed by atoms with van der Waals surface area (Å²) in [6, 6.07) is 67.4. The van der Waals surface area contributed by atoms with Gasteiger partial charge in [0.25, 0.3) is 0 Å². The first-order valence-electron chi connectivity index (χ1n) is 19.3. The van der Waals surface area contributed by atoms with Gasteiger partial charge in [0.15, 0.2) is 34.9 Å². The van der Waals surface area contributed by atoms with Crippen molar-refractivity contribution in [2.24, 2.45) is 0 Å². The van der Waals surface area contributed by atoms with Crippen LogP contribution in [0, 0.1) is 0 Å². The number of hydrogen-bond donors (Lipinski definition) is 0. The van der Waals surface area contributed by atoms with Crippen molar-refractivity contribution in [3.63, 3.8) is 0 Å². The second kappa shape index (κ2) is 15.7. The van der Waals surface area contributed by atoms with E-state index in [1.807, 2.05) is 127 Å². The van der Waals surface area contributed by atoms with Crippen LogP contribution in [0.2, 0.25) is 5.02 Å². The lowest BCUT2D eigenvalue weighted by Gasteiger charge is -2.16. The van der Waals surface area contributed by atoms with Crippen LogP contribution in [0.1, 0.15) is 0 Å². The van der Waals surface area contributed by atoms with Crippen molar-refractivity contribution in [2.45, 2.75) is 0 Å². The van der Waals surface area contributed by atoms with Crippen LogP contribution in [0.3, 0.4) is 0 Å². The molecule has 7 heteroatoms. The van der Waals surface area contributed by atoms with Gasteiger partial charge in [-0.15, -0.1) is 0 Å². The molecule has 0 aliphatic heterocycles. The van der Waals surface area contributed by atoms with Crippen LogP contribution in [0.15, 0.2) is 200 Å². The van der Waals surface area contributed by atoms with Gasteiger partial charge in [-0.25, -0.2) is 29.9 Å². The second-order valence-corrected chi connectivity index (χ2v) is 14.5. The lowest BCUT2D eigenvalue weighted by Crippen LogP contribution is -2.02. The van der Waals surface area contributed by atoms with Crippen LogP contribution in [-0.4, -0.2) is 29.9 Å². The lowest BCUT2D eigenvalue weighted by atomic mass is 9.91. The summed E-state index contributed by atoms with van der Waals surface area (Å²) in [4.78, 5) is 30.4. The molecule has 278 valence electrons. The average molecular weight is 777 g/mol. The monoisotopic (exact) mass is 776 g/mol. The highest BCUT2D eigenvalue weighted by Crippen LogP contribution is 2.39. The van der Waals surface area contributed by atoms with E-state index < -0.39 is 0 Å². The zero-order chi connectivity index (χ0) is 39.5. The number of nitrogens with zero attached hydrogens (tertiary/aromatic N) is 6. The van der Waals surface area contributed by atoms with Gasteiger partial charge in [-0.3, -0.25) is 0 Å². The van der Waals surface area contributed by atoms with Gasteiger partial charge in [0.2, 0.25) is 0 Å². The predicted octanol–water partition coefficient (Wildman–Crippen LogP) is 13.2. The molecule has 0 atom stereocenters. The fourth-order valence-corrected chi connectivity index (χ4v) is 7.48. The predicted molar refractivity (Wildman–Crippen MR) is 239 cm³/mol. The number of hydrogen-bond acceptors (Lipinski definition) is 6. The highest BCUT2D eigenvalue weighted by molar-refractivity contribution is 6.30. The highest BCUT2D eigenvalue weighted by atomic mass is 35.5. The maximum absolute atomic E-state index is 6.30. The van der Waals surface area contributed by atoms with Crippen LogP contribution in [-0.2, 0) is 0 Å². The molecule has 0 saturated carbocycles. The molecule has 2 heterocycles. The van der Waals surface area contributed by atoms with Crippen LogP contribution in [0.4, 0.5) is 0 Å². The molecular formula is C52H33ClN6. The Bertz CT molecular complexity index is 3040. The van der Waals surface area contributed by atoms with Gasteiger partial charge < -0.3 is 0 Å². The molecule has 0 bridgehead atoms. The molecule has 0 N–H and O–H groups in total. The lowest BCUT2D eigenvalue weighted by molar-refractivity contribution is 1.07. The minimum absolute atomic E-state index is 0.550. The summed E-state index contributed by atoms with van der Waals surface area (Å²) in [5, 5.41) is 2.95. The molecule has 0 radical (unpaired) electrons. The van der Waals surface area contributed by atoms with Crippen molar-refractivity contribution >= 4 is 22.4 Å². The van der Waals surface area contributed by atoms with Gasteiger partial charge in [0.1, 0.15) is 0 Å². The molecule has 0 unspecified atom stereocenters. The van der Waals surface area contributed by atoms with E-state index in [2.05, 4.69) is 72.8 Å². The molecule has 59 heavy (non-hydrogen) atoms. The smallest absolute Gasteiger partial charge is 0.164 e. The van der Waals surface area contributed by atoms with E-state index in [9.17, 15) is 0 Å². The van der Waals surface area contributed by atoms with Crippen LogP contribution in [0.25, 0.3) is 101 Å². The molecule has 10 rings (SSSR count). The SMILES string of the molecule is Clc1ccc(-c2nc(-c3ccccc3)nc(-c3ccccc3-c3cc(-c4nc(-c5ccccc5)nc(-c5ccccc5)n4)cc(-c4cccc5ccccc45)c3)n2)cc1. The van der Waals surface area contributed by atoms with Crippen molar-refractivity contribution in [3.8, 4) is 90.6 Å². The first kappa shape index (κ1) is 35.7. The summed E-state index contributed by atoms with van der Waals surface area (Å²) in [6.45, 7) is 0. The summed E-state index contributed by atoms with van der Waals surface area (Å²) < 4.78 is 0. The summed E-state index contributed by atoms with van der Waals surface area (Å²) in [5.41, 5.74) is 9.27. The Balaban J connectivity index is 1.21. The Morgan fingerprint density at radius 1 is 0.254 bits per heavy atom. The van der Waals surface area contributed by atoms with Crippen molar-refractivity contribution in [3.05, 3.63) is 205 Å². The van der Waals surface area contributed by atoms with Gasteiger partial charge in [-0.2, -0.15) is 0 Å². The van der Waals surface area contributed by atoms with E-state index >= 15 is 0 Å². The summed E-state index contributed by atoms with van der Waals surface area (Å²) in [6.07, 6.45) is 0. The molecule has 8 aromatic carbocycles. The quantitative estimate of drug-likeness (QED) is 0.153. The fraction of sp³-hybridized carbons (Fsp3) is 0. The molecule has 0 aliphatic rings. The van der Waals surface area contributed by atoms with E-state index in [0.29, 0.717) is 40.0 Å². The number of aromatic nitrogens is 6. The second-order valence-electron chi connectivity index (χ2n) is 14.1. The van der Waals surface area contributed by atoms with E-state index in [4.69, 9.17) is 41.5 Å². The van der Waals surface area contributed by atoms with Gasteiger partial charge >= 0.3 is 0 Å². The molecule has 0 spiro atoms. The van der Waals surface area contributed by atoms with Crippen molar-refractivity contribution in [1.82, 2.24) is 29.9 Å². The summed E-state index contributed by atoms with van der Waals surface area (Å²) in [5.74, 6) is 3.44. The van der Waals surface area contributed by atoms with Gasteiger partial charge in [-0.1, -0.05) is 169 Å². The molecule has 0 amide bonds. The third-order valence-electron chi connectivity index (χ3n) is 10.2. The van der Waals surface area contributed by atoms with E-state index in [-0.39, 0.29) is 0 Å². The first-order chi connectivity index (χ1) is 29.1. The third kappa shape index (κ3) is 7.37. The average Bonchev–Trinajstić information content (AvgIpc) is 3.32. The van der Waals surface area contributed by atoms with Crippen LogP contribution >= 0.6 is 11.6 Å². The maximum Gasteiger partial charge on any atom is 0.164 e. The highest BCUT2D eigenvalue weighted by Gasteiger charge is 2.19. The standard InChI is InChI=1S/C52H33ClN6/c53-42-29-27-38(28-30-42)50-55-49(37-20-8-3-9-21-37)58-52(59-50)46-25-13-12-24-45(46)40-31-39(44-26-14-22-34-15-10-11-23-43(34)44)32-41(33-40)51-56-47(35-16-4-1-5-17-35)54-48(57-51)36-18-6-2-7-19-36/h1-33H. The normalized spacial score (nSPS) is 11.1. The van der Waals surface area contributed by atoms with Gasteiger partial charge in [0.05, 0.1) is 0 Å². The van der Waals surface area contributed by atoms with Crippen LogP contribution < -0.4 is 0 Å². The number of benzene rings is 8. The van der Waals surface area contributed by atoms with Gasteiger partial charge in [-0.05, 0) is 75.5 Å². The molecule has 0 aliphatic carbocycles. The Morgan fingerprint density at radius 2 is 0.627 bits per heavy atom. The first-order valence-corrected chi connectivity index (χ1v) is 19.7. The van der Waals surface area contributed by atoms with Crippen LogP contribution in [0.5, 0.6) is 0 Å². The Morgan fingerprint density at radius 3 is 1.19 bits per heavy atom. The fourth-order valence-electron chi connectivity index (χ4n) is 7.35. The number of fused-ring (bicyclic) bond motifs is 1. The Hall–Kier alpha value is -7.67. The van der Waals surface area contributed by atoms with E-state index in [0.717, 1.165) is 66.4 Å². The largest absolute Gasteiger partial charge is 0.208 e. The van der Waals surface area contributed by atoms with Gasteiger partial charge in [0, 0.05) is 38.4 Å². The third-order valence-corrected chi connectivity index (χ3v) is 10.5. The van der Waals surface area contributed by atoms with Crippen molar-refractivity contribution in [2.75, 3.05) is 0 Å². The van der Waals surface area contributed by atoms with E-state index in [1.165, 1.54) is 0 Å². The van der Waals surface area contributed by atoms with Crippen molar-refractivity contribution in [1.29, 1.82) is 0 Å². The Labute approximate surface area is 346 Å². The number of halogens is 1. The Kier molecular flexibility index (Phi) is 9.50. The molecule has 6 nitrogen and oxygen atoms in total. The topological polar surface area (TPSA) is 77.3 Å². The summed E-state index contributed by atoms with van der Waals surface area (Å²) in [7, 11) is 0. The molecule has 10 aromatic rings. The number of rotatable bonds is 8. The molecule has 0 saturated heterocycles. The zero-order valence-corrected chi connectivity index (χ0v) is 32.4. The summed E-state index contributed by atoms with van der Waals surface area (Å²) >= 11 is 6.30. The van der Waals surface area contributed by atoms with Crippen molar-refractivity contribution < 1.29 is 0 Å². The minimum atomic E-state index is 0.550. The minimum Gasteiger partial charge on any atom is -0.208 e.